The molecule has 0 saturated carbocycles. The smallest absolute Gasteiger partial charge is 0.271 e. The molecule has 2 aromatic rings. The van der Waals surface area contributed by atoms with Crippen molar-refractivity contribution in [3.8, 4) is 0 Å². The summed E-state index contributed by atoms with van der Waals surface area (Å²) >= 11 is 6.83. The van der Waals surface area contributed by atoms with Gasteiger partial charge in [0.15, 0.2) is 0 Å². The van der Waals surface area contributed by atoms with Crippen LogP contribution < -0.4 is 9.62 Å². The molecule has 0 radical (unpaired) electrons. The van der Waals surface area contributed by atoms with E-state index in [1.54, 1.807) is 18.3 Å². The molecule has 1 N–H and O–H groups in total. The number of nitrogens with one attached hydrogen (secondary N) is 1. The van der Waals surface area contributed by atoms with Crippen molar-refractivity contribution >= 4 is 44.5 Å². The van der Waals surface area contributed by atoms with Gasteiger partial charge in [-0.2, -0.15) is 0 Å². The summed E-state index contributed by atoms with van der Waals surface area (Å²) in [5.74, 6) is 0.897. The molecule has 1 aliphatic heterocycles. The molecule has 3 rings (SSSR count). The third-order valence-corrected chi connectivity index (χ3v) is 6.85. The van der Waals surface area contributed by atoms with E-state index in [0.717, 1.165) is 30.2 Å². The molecule has 0 amide bonds. The highest BCUT2D eigenvalue weighted by Crippen LogP contribution is 2.27. The molecule has 23 heavy (non-hydrogen) atoms. The van der Waals surface area contributed by atoms with Gasteiger partial charge in [0.25, 0.3) is 10.0 Å². The van der Waals surface area contributed by atoms with Crippen LogP contribution in [-0.4, -0.2) is 26.5 Å². The van der Waals surface area contributed by atoms with Crippen LogP contribution in [-0.2, 0) is 10.0 Å². The fourth-order valence-corrected chi connectivity index (χ4v) is 5.11. The largest absolute Gasteiger partial charge is 0.357 e. The van der Waals surface area contributed by atoms with Crippen molar-refractivity contribution in [3.63, 3.8) is 0 Å². The molecule has 0 atom stereocenters. The first-order valence-electron chi connectivity index (χ1n) is 7.54. The van der Waals surface area contributed by atoms with Crippen molar-refractivity contribution in [3.05, 3.63) is 34.8 Å². The molecule has 0 aliphatic carbocycles. The second kappa shape index (κ2) is 7.07. The summed E-state index contributed by atoms with van der Waals surface area (Å²) in [5.41, 5.74) is 0.452. The monoisotopic (exact) mass is 371 g/mol. The third-order valence-electron chi connectivity index (χ3n) is 3.74. The van der Waals surface area contributed by atoms with Crippen LogP contribution in [0.1, 0.15) is 25.7 Å². The van der Waals surface area contributed by atoms with E-state index in [2.05, 4.69) is 14.6 Å². The summed E-state index contributed by atoms with van der Waals surface area (Å²) in [4.78, 5) is 6.66. The van der Waals surface area contributed by atoms with Crippen molar-refractivity contribution in [2.75, 3.05) is 22.7 Å². The SMILES string of the molecule is O=S(=O)(Nc1ccc(N2CCCCCC2)nc1)c1ccc(Cl)s1. The Balaban J connectivity index is 1.72. The van der Waals surface area contributed by atoms with Crippen molar-refractivity contribution in [2.45, 2.75) is 29.9 Å². The summed E-state index contributed by atoms with van der Waals surface area (Å²) in [6, 6.07) is 6.68. The van der Waals surface area contributed by atoms with Gasteiger partial charge in [-0.25, -0.2) is 13.4 Å². The Morgan fingerprint density at radius 1 is 1.09 bits per heavy atom. The summed E-state index contributed by atoms with van der Waals surface area (Å²) in [6.07, 6.45) is 6.44. The van der Waals surface area contributed by atoms with Gasteiger partial charge in [-0.3, -0.25) is 4.72 Å². The lowest BCUT2D eigenvalue weighted by Gasteiger charge is -2.21. The van der Waals surface area contributed by atoms with Crippen LogP contribution in [0.2, 0.25) is 4.34 Å². The van der Waals surface area contributed by atoms with E-state index in [9.17, 15) is 8.42 Å². The number of aromatic nitrogens is 1. The number of hydrogen-bond donors (Lipinski definition) is 1. The van der Waals surface area contributed by atoms with Crippen molar-refractivity contribution in [2.24, 2.45) is 0 Å². The van der Waals surface area contributed by atoms with Gasteiger partial charge >= 0.3 is 0 Å². The highest BCUT2D eigenvalue weighted by molar-refractivity contribution is 7.94. The number of sulfonamides is 1. The highest BCUT2D eigenvalue weighted by atomic mass is 35.5. The molecule has 0 aromatic carbocycles. The Bertz CT molecular complexity index is 751. The molecule has 124 valence electrons. The zero-order valence-electron chi connectivity index (χ0n) is 12.5. The minimum atomic E-state index is -3.61. The Morgan fingerprint density at radius 3 is 2.39 bits per heavy atom. The number of pyridine rings is 1. The first-order valence-corrected chi connectivity index (χ1v) is 10.2. The van der Waals surface area contributed by atoms with Gasteiger partial charge < -0.3 is 4.90 Å². The van der Waals surface area contributed by atoms with E-state index in [4.69, 9.17) is 11.6 Å². The highest BCUT2D eigenvalue weighted by Gasteiger charge is 2.17. The molecule has 0 unspecified atom stereocenters. The third kappa shape index (κ3) is 4.16. The van der Waals surface area contributed by atoms with E-state index in [0.29, 0.717) is 10.0 Å². The van der Waals surface area contributed by atoms with Gasteiger partial charge in [-0.1, -0.05) is 24.4 Å². The molecule has 1 fully saturated rings. The van der Waals surface area contributed by atoms with E-state index in [1.165, 1.54) is 31.7 Å². The van der Waals surface area contributed by atoms with Gasteiger partial charge in [-0.05, 0) is 37.1 Å². The number of anilines is 2. The molecule has 1 saturated heterocycles. The lowest BCUT2D eigenvalue weighted by Crippen LogP contribution is -2.24. The fraction of sp³-hybridized carbons (Fsp3) is 0.400. The Labute approximate surface area is 145 Å². The van der Waals surface area contributed by atoms with Gasteiger partial charge in [0.2, 0.25) is 0 Å². The molecular formula is C15H18ClN3O2S2. The normalized spacial score (nSPS) is 16.1. The van der Waals surface area contributed by atoms with E-state index >= 15 is 0 Å². The number of hydrogen-bond acceptors (Lipinski definition) is 5. The lowest BCUT2D eigenvalue weighted by atomic mass is 10.2. The Morgan fingerprint density at radius 2 is 1.83 bits per heavy atom. The maximum atomic E-state index is 12.2. The molecule has 0 spiro atoms. The average molecular weight is 372 g/mol. The first kappa shape index (κ1) is 16.5. The maximum absolute atomic E-state index is 12.2. The summed E-state index contributed by atoms with van der Waals surface area (Å²) in [7, 11) is -3.61. The molecule has 2 aromatic heterocycles. The summed E-state index contributed by atoms with van der Waals surface area (Å²) < 4.78 is 27.7. The minimum absolute atomic E-state index is 0.194. The fourth-order valence-electron chi connectivity index (χ4n) is 2.58. The van der Waals surface area contributed by atoms with Gasteiger partial charge in [-0.15, -0.1) is 11.3 Å². The van der Waals surface area contributed by atoms with Crippen LogP contribution in [0.4, 0.5) is 11.5 Å². The van der Waals surface area contributed by atoms with Gasteiger partial charge in [0.1, 0.15) is 10.0 Å². The van der Waals surface area contributed by atoms with Gasteiger partial charge in [0, 0.05) is 13.1 Å². The van der Waals surface area contributed by atoms with Crippen LogP contribution >= 0.6 is 22.9 Å². The number of halogens is 1. The number of rotatable bonds is 4. The van der Waals surface area contributed by atoms with E-state index < -0.39 is 10.0 Å². The van der Waals surface area contributed by atoms with Crippen molar-refractivity contribution in [1.82, 2.24) is 4.98 Å². The standard InChI is InChI=1S/C15H18ClN3O2S2/c16-13-6-8-15(22-13)23(20,21)18-12-5-7-14(17-11-12)19-9-3-1-2-4-10-19/h5-8,11,18H,1-4,9-10H2. The second-order valence-electron chi connectivity index (χ2n) is 5.47. The molecule has 0 bridgehead atoms. The second-order valence-corrected chi connectivity index (χ2v) is 9.09. The van der Waals surface area contributed by atoms with E-state index in [-0.39, 0.29) is 4.21 Å². The zero-order valence-corrected chi connectivity index (χ0v) is 14.9. The summed E-state index contributed by atoms with van der Waals surface area (Å²) in [5, 5.41) is 0. The van der Waals surface area contributed by atoms with Crippen molar-refractivity contribution < 1.29 is 8.42 Å². The maximum Gasteiger partial charge on any atom is 0.271 e. The number of nitrogens with zero attached hydrogens (tertiary/aromatic N) is 2. The quantitative estimate of drug-likeness (QED) is 0.883. The van der Waals surface area contributed by atoms with Crippen LogP contribution in [0.25, 0.3) is 0 Å². The number of thiophene rings is 1. The van der Waals surface area contributed by atoms with Crippen LogP contribution in [0, 0.1) is 0 Å². The first-order chi connectivity index (χ1) is 11.0. The molecular weight excluding hydrogens is 354 g/mol. The molecule has 8 heteroatoms. The molecule has 1 aliphatic rings. The predicted molar refractivity (Wildman–Crippen MR) is 95.1 cm³/mol. The van der Waals surface area contributed by atoms with Crippen LogP contribution in [0.15, 0.2) is 34.7 Å². The molecule has 5 nitrogen and oxygen atoms in total. The van der Waals surface area contributed by atoms with Crippen molar-refractivity contribution in [1.29, 1.82) is 0 Å². The average Bonchev–Trinajstić information content (AvgIpc) is 2.81. The van der Waals surface area contributed by atoms with E-state index in [1.807, 2.05) is 6.07 Å². The lowest BCUT2D eigenvalue weighted by molar-refractivity contribution is 0.603. The molecule has 3 heterocycles. The van der Waals surface area contributed by atoms with Crippen LogP contribution in [0.5, 0.6) is 0 Å². The topological polar surface area (TPSA) is 62.3 Å². The summed E-state index contributed by atoms with van der Waals surface area (Å²) in [6.45, 7) is 2.01. The Kier molecular flexibility index (Phi) is 5.08. The Hall–Kier alpha value is -1.31. The van der Waals surface area contributed by atoms with Gasteiger partial charge in [0.05, 0.1) is 16.2 Å². The zero-order chi connectivity index (χ0) is 16.3. The predicted octanol–water partition coefficient (Wildman–Crippen LogP) is 3.98. The van der Waals surface area contributed by atoms with Crippen LogP contribution in [0.3, 0.4) is 0 Å². The minimum Gasteiger partial charge on any atom is -0.357 e.